The molecule has 0 spiro atoms. The summed E-state index contributed by atoms with van der Waals surface area (Å²) < 4.78 is 30.9. The minimum absolute atomic E-state index is 0. The number of benzene rings is 2. The normalized spacial score (nSPS) is 19.2. The summed E-state index contributed by atoms with van der Waals surface area (Å²) in [6.07, 6.45) is 1.30. The quantitative estimate of drug-likeness (QED) is 0.340. The number of pyridine rings is 1. The second-order valence-electron chi connectivity index (χ2n) is 9.17. The van der Waals surface area contributed by atoms with E-state index in [1.54, 1.807) is 29.7 Å². The van der Waals surface area contributed by atoms with Crippen molar-refractivity contribution in [1.82, 2.24) is 10.5 Å². The molecule has 1 aromatic heterocycles. The van der Waals surface area contributed by atoms with Gasteiger partial charge in [0.1, 0.15) is 17.1 Å². The van der Waals surface area contributed by atoms with E-state index in [1.165, 1.54) is 0 Å². The number of hydrogen-bond acceptors (Lipinski definition) is 6. The fourth-order valence-corrected chi connectivity index (χ4v) is 6.95. The lowest BCUT2D eigenvalue weighted by Crippen LogP contribution is -2.44. The lowest BCUT2D eigenvalue weighted by molar-refractivity contribution is -0.130. The van der Waals surface area contributed by atoms with E-state index < -0.39 is 20.5 Å². The predicted octanol–water partition coefficient (Wildman–Crippen LogP) is 5.26. The molecule has 1 unspecified atom stereocenters. The number of nitrogens with zero attached hydrogens (tertiary/aromatic N) is 1. The molecule has 7 nitrogen and oxygen atoms in total. The first-order valence-corrected chi connectivity index (χ1v) is 13.2. The monoisotopic (exact) mass is 498 g/mol. The van der Waals surface area contributed by atoms with Gasteiger partial charge in [-0.15, -0.1) is 0 Å². The van der Waals surface area contributed by atoms with Crippen molar-refractivity contribution < 1.29 is 23.2 Å². The van der Waals surface area contributed by atoms with Crippen molar-refractivity contribution in [3.05, 3.63) is 71.4 Å². The topological polar surface area (TPSA) is 106 Å². The van der Waals surface area contributed by atoms with E-state index in [1.807, 2.05) is 24.3 Å². The highest BCUT2D eigenvalue weighted by Crippen LogP contribution is 2.43. The summed E-state index contributed by atoms with van der Waals surface area (Å²) in [7, 11) is -3.57. The Morgan fingerprint density at radius 3 is 2.51 bits per heavy atom. The van der Waals surface area contributed by atoms with Crippen LogP contribution in [-0.2, 0) is 26.0 Å². The molecule has 8 heteroatoms. The Hall–Kier alpha value is -2.97. The molecule has 2 heterocycles. The third kappa shape index (κ3) is 5.33. The van der Waals surface area contributed by atoms with Crippen molar-refractivity contribution in [2.24, 2.45) is 0 Å². The van der Waals surface area contributed by atoms with Crippen LogP contribution >= 0.6 is 0 Å². The van der Waals surface area contributed by atoms with Crippen LogP contribution in [0, 0.1) is 0 Å². The second kappa shape index (κ2) is 10.7. The molecule has 4 rings (SSSR count). The van der Waals surface area contributed by atoms with Gasteiger partial charge < -0.3 is 4.74 Å². The number of carbonyl (C=O) groups excluding carboxylic acids is 1. The van der Waals surface area contributed by atoms with Crippen LogP contribution in [0.15, 0.2) is 54.6 Å². The Morgan fingerprint density at radius 2 is 1.86 bits per heavy atom. The summed E-state index contributed by atoms with van der Waals surface area (Å²) in [5, 5.41) is 10.1. The van der Waals surface area contributed by atoms with E-state index in [0.29, 0.717) is 37.2 Å². The fraction of sp³-hybridized carbons (Fsp3) is 0.407. The lowest BCUT2D eigenvalue weighted by atomic mass is 9.88. The number of carbonyl (C=O) groups is 1. The summed E-state index contributed by atoms with van der Waals surface area (Å²) in [6, 6.07) is 16.9. The highest BCUT2D eigenvalue weighted by Gasteiger charge is 2.48. The van der Waals surface area contributed by atoms with Crippen molar-refractivity contribution >= 4 is 26.6 Å². The number of rotatable bonds is 7. The molecule has 0 aliphatic carbocycles. The van der Waals surface area contributed by atoms with E-state index in [4.69, 9.17) is 14.9 Å². The van der Waals surface area contributed by atoms with Crippen molar-refractivity contribution in [3.63, 3.8) is 0 Å². The van der Waals surface area contributed by atoms with E-state index in [0.717, 1.165) is 22.2 Å². The van der Waals surface area contributed by atoms with E-state index in [9.17, 15) is 13.2 Å². The number of hydrogen-bond donors (Lipinski definition) is 2. The van der Waals surface area contributed by atoms with Crippen LogP contribution in [0.4, 0.5) is 0 Å². The predicted molar refractivity (Wildman–Crippen MR) is 137 cm³/mol. The van der Waals surface area contributed by atoms with Gasteiger partial charge in [0.15, 0.2) is 9.84 Å². The number of hydroxylamine groups is 1. The van der Waals surface area contributed by atoms with Crippen LogP contribution in [0.2, 0.25) is 0 Å². The molecule has 1 aliphatic heterocycles. The minimum Gasteiger partial charge on any atom is -0.489 e. The Bertz CT molecular complexity index is 1290. The zero-order valence-corrected chi connectivity index (χ0v) is 20.3. The zero-order valence-electron chi connectivity index (χ0n) is 19.5. The second-order valence-corrected chi connectivity index (χ2v) is 11.6. The standard InChI is InChI=1S/C26H30N2O5S.CH4/c1-18(2)24-15-19(22-7-3-4-8-23(22)27-24)17-33-21-11-9-20(10-12-21)26(16-25(29)28-30)13-5-6-14-34(26,31)32;/h3-4,7-12,15,18,30H,5-6,13-14,16-17H2,1-2H3,(H,28,29);1H4. The Balaban J connectivity index is 0.00000342. The van der Waals surface area contributed by atoms with Crippen molar-refractivity contribution in [2.75, 3.05) is 5.75 Å². The zero-order chi connectivity index (χ0) is 24.3. The molecule has 0 radical (unpaired) electrons. The van der Waals surface area contributed by atoms with Gasteiger partial charge >= 0.3 is 0 Å². The van der Waals surface area contributed by atoms with Crippen LogP contribution in [0.1, 0.15) is 69.7 Å². The summed E-state index contributed by atoms with van der Waals surface area (Å²) in [5.74, 6) is 0.200. The molecule has 0 bridgehead atoms. The first-order chi connectivity index (χ1) is 16.3. The van der Waals surface area contributed by atoms with Gasteiger partial charge in [-0.1, -0.05) is 58.0 Å². The van der Waals surface area contributed by atoms with Gasteiger partial charge in [-0.3, -0.25) is 15.0 Å². The van der Waals surface area contributed by atoms with Gasteiger partial charge in [-0.05, 0) is 48.6 Å². The molecular weight excluding hydrogens is 464 g/mol. The van der Waals surface area contributed by atoms with E-state index in [2.05, 4.69) is 19.9 Å². The van der Waals surface area contributed by atoms with Gasteiger partial charge in [-0.2, -0.15) is 0 Å². The third-order valence-corrected chi connectivity index (χ3v) is 9.20. The maximum absolute atomic E-state index is 13.1. The molecular formula is C27H34N2O5S. The van der Waals surface area contributed by atoms with Crippen LogP contribution in [-0.4, -0.2) is 30.3 Å². The number of para-hydroxylation sites is 1. The van der Waals surface area contributed by atoms with Gasteiger partial charge in [-0.25, -0.2) is 13.9 Å². The number of fused-ring (bicyclic) bond motifs is 1. The number of sulfone groups is 1. The van der Waals surface area contributed by atoms with E-state index in [-0.39, 0.29) is 25.5 Å². The summed E-state index contributed by atoms with van der Waals surface area (Å²) in [5.41, 5.74) is 5.09. The summed E-state index contributed by atoms with van der Waals surface area (Å²) in [4.78, 5) is 16.7. The van der Waals surface area contributed by atoms with Crippen molar-refractivity contribution in [2.45, 2.75) is 64.2 Å². The highest BCUT2D eigenvalue weighted by atomic mass is 32.2. The molecule has 0 saturated carbocycles. The van der Waals surface area contributed by atoms with Gasteiger partial charge in [0.25, 0.3) is 0 Å². The average molecular weight is 499 g/mol. The first kappa shape index (κ1) is 26.6. The fourth-order valence-electron chi connectivity index (χ4n) is 4.68. The molecule has 1 saturated heterocycles. The van der Waals surface area contributed by atoms with Gasteiger partial charge in [0, 0.05) is 16.6 Å². The lowest BCUT2D eigenvalue weighted by Gasteiger charge is -2.36. The largest absolute Gasteiger partial charge is 0.489 e. The van der Waals surface area contributed by atoms with Gasteiger partial charge in [0.2, 0.25) is 5.91 Å². The number of ether oxygens (including phenoxy) is 1. The molecule has 3 aromatic rings. The number of nitrogens with one attached hydrogen (secondary N) is 1. The molecule has 188 valence electrons. The first-order valence-electron chi connectivity index (χ1n) is 11.5. The molecule has 1 fully saturated rings. The molecule has 1 amide bonds. The van der Waals surface area contributed by atoms with Crippen molar-refractivity contribution in [1.29, 1.82) is 0 Å². The van der Waals surface area contributed by atoms with Gasteiger partial charge in [0.05, 0.1) is 17.7 Å². The average Bonchev–Trinajstić information content (AvgIpc) is 2.83. The third-order valence-electron chi connectivity index (χ3n) is 6.60. The smallest absolute Gasteiger partial charge is 0.245 e. The van der Waals surface area contributed by atoms with Crippen LogP contribution < -0.4 is 10.2 Å². The molecule has 2 aromatic carbocycles. The molecule has 1 atom stereocenters. The van der Waals surface area contributed by atoms with Crippen LogP contribution in [0.5, 0.6) is 5.75 Å². The van der Waals surface area contributed by atoms with Crippen molar-refractivity contribution in [3.8, 4) is 5.75 Å². The summed E-state index contributed by atoms with van der Waals surface area (Å²) >= 11 is 0. The maximum atomic E-state index is 13.1. The highest BCUT2D eigenvalue weighted by molar-refractivity contribution is 7.92. The molecule has 1 aliphatic rings. The summed E-state index contributed by atoms with van der Waals surface area (Å²) in [6.45, 7) is 4.55. The minimum atomic E-state index is -3.57. The Kier molecular flexibility index (Phi) is 8.18. The maximum Gasteiger partial charge on any atom is 0.245 e. The van der Waals surface area contributed by atoms with Crippen LogP contribution in [0.25, 0.3) is 10.9 Å². The number of aromatic nitrogens is 1. The Labute approximate surface area is 207 Å². The molecule has 35 heavy (non-hydrogen) atoms. The number of amides is 1. The van der Waals surface area contributed by atoms with E-state index >= 15 is 0 Å². The SMILES string of the molecule is C.CC(C)c1cc(COc2ccc(C3(CC(=O)NO)CCCCS3(=O)=O)cc2)c2ccccc2n1. The van der Waals surface area contributed by atoms with Crippen LogP contribution in [0.3, 0.4) is 0 Å². The Morgan fingerprint density at radius 1 is 1.14 bits per heavy atom. The molecule has 2 N–H and O–H groups in total.